The molecule has 1 unspecified atom stereocenters. The average molecular weight is 272 g/mol. The number of benzene rings is 2. The first-order valence-electron chi connectivity index (χ1n) is 6.17. The zero-order chi connectivity index (χ0) is 14.5. The molecule has 0 saturated heterocycles. The number of oxime groups is 1. The molecule has 0 aliphatic rings. The summed E-state index contributed by atoms with van der Waals surface area (Å²) in [7, 11) is 1.53. The number of nitrogens with two attached hydrogens (primary N) is 1. The summed E-state index contributed by atoms with van der Waals surface area (Å²) in [5.41, 5.74) is 6.85. The molecule has 2 aromatic rings. The van der Waals surface area contributed by atoms with Crippen LogP contribution < -0.4 is 5.73 Å². The molecule has 0 saturated carbocycles. The Labute approximate surface area is 116 Å². The number of fused-ring (bicyclic) bond motifs is 1. The van der Waals surface area contributed by atoms with E-state index in [1.807, 2.05) is 30.3 Å². The van der Waals surface area contributed by atoms with Crippen LogP contribution in [0.2, 0.25) is 0 Å². The van der Waals surface area contributed by atoms with Crippen molar-refractivity contribution < 1.29 is 14.7 Å². The lowest BCUT2D eigenvalue weighted by molar-refractivity contribution is 0.104. The highest BCUT2D eigenvalue weighted by atomic mass is 16.5. The summed E-state index contributed by atoms with van der Waals surface area (Å²) < 4.78 is 5.43. The molecule has 0 amide bonds. The van der Waals surface area contributed by atoms with E-state index in [2.05, 4.69) is 5.16 Å². The first kappa shape index (κ1) is 14.0. The van der Waals surface area contributed by atoms with Crippen LogP contribution >= 0.6 is 0 Å². The Morgan fingerprint density at radius 3 is 2.80 bits per heavy atom. The summed E-state index contributed by atoms with van der Waals surface area (Å²) in [6, 6.07) is 11.4. The van der Waals surface area contributed by atoms with Crippen LogP contribution in [-0.2, 0) is 4.74 Å². The van der Waals surface area contributed by atoms with Gasteiger partial charge in [0.15, 0.2) is 0 Å². The zero-order valence-corrected chi connectivity index (χ0v) is 11.1. The molecule has 3 N–H and O–H groups in total. The van der Waals surface area contributed by atoms with Gasteiger partial charge in [-0.1, -0.05) is 41.6 Å². The fourth-order valence-electron chi connectivity index (χ4n) is 2.31. The Balaban J connectivity index is 2.62. The van der Waals surface area contributed by atoms with Gasteiger partial charge >= 0.3 is 0 Å². The number of nitrogens with zero attached hydrogens (tertiary/aromatic N) is 1. The smallest absolute Gasteiger partial charge is 0.150 e. The monoisotopic (exact) mass is 272 g/mol. The second kappa shape index (κ2) is 6.16. The lowest BCUT2D eigenvalue weighted by atomic mass is 9.93. The Morgan fingerprint density at radius 1 is 1.40 bits per heavy atom. The predicted molar refractivity (Wildman–Crippen MR) is 77.1 cm³/mol. The molecule has 20 heavy (non-hydrogen) atoms. The molecule has 104 valence electrons. The number of hydrogen-bond donors (Lipinski definition) is 2. The van der Waals surface area contributed by atoms with E-state index in [0.29, 0.717) is 5.56 Å². The average Bonchev–Trinajstić information content (AvgIpc) is 2.51. The Kier molecular flexibility index (Phi) is 4.32. The fraction of sp³-hybridized carbons (Fsp3) is 0.200. The van der Waals surface area contributed by atoms with Gasteiger partial charge in [-0.3, -0.25) is 4.79 Å². The van der Waals surface area contributed by atoms with Gasteiger partial charge < -0.3 is 15.7 Å². The molecular formula is C15H16N2O3. The van der Waals surface area contributed by atoms with E-state index in [9.17, 15) is 4.79 Å². The van der Waals surface area contributed by atoms with Gasteiger partial charge in [-0.15, -0.1) is 0 Å². The largest absolute Gasteiger partial charge is 0.409 e. The Morgan fingerprint density at radius 2 is 2.15 bits per heavy atom. The molecule has 0 bridgehead atoms. The van der Waals surface area contributed by atoms with Gasteiger partial charge in [0.05, 0.1) is 6.10 Å². The molecule has 0 aromatic heterocycles. The van der Waals surface area contributed by atoms with Gasteiger partial charge in [0.1, 0.15) is 12.1 Å². The van der Waals surface area contributed by atoms with Crippen LogP contribution in [0, 0.1) is 0 Å². The van der Waals surface area contributed by atoms with E-state index in [1.54, 1.807) is 6.07 Å². The lowest BCUT2D eigenvalue weighted by Crippen LogP contribution is -2.18. The first-order chi connectivity index (χ1) is 9.71. The normalized spacial score (nSPS) is 13.3. The highest BCUT2D eigenvalue weighted by Crippen LogP contribution is 2.31. The van der Waals surface area contributed by atoms with E-state index in [4.69, 9.17) is 15.7 Å². The van der Waals surface area contributed by atoms with Gasteiger partial charge in [0, 0.05) is 19.1 Å². The number of methoxy groups -OCH3 is 1. The number of hydrogen-bond acceptors (Lipinski definition) is 4. The number of amidine groups is 1. The van der Waals surface area contributed by atoms with Crippen molar-refractivity contribution in [3.05, 3.63) is 47.5 Å². The van der Waals surface area contributed by atoms with E-state index < -0.39 is 6.10 Å². The predicted octanol–water partition coefficient (Wildman–Crippen LogP) is 2.48. The second-order valence-corrected chi connectivity index (χ2v) is 4.43. The third kappa shape index (κ3) is 2.62. The molecule has 2 aromatic carbocycles. The van der Waals surface area contributed by atoms with Gasteiger partial charge in [-0.2, -0.15) is 0 Å². The molecular weight excluding hydrogens is 256 g/mol. The number of carbonyl (C=O) groups is 1. The third-order valence-electron chi connectivity index (χ3n) is 3.26. The van der Waals surface area contributed by atoms with Crippen molar-refractivity contribution in [2.75, 3.05) is 7.11 Å². The third-order valence-corrected chi connectivity index (χ3v) is 3.26. The zero-order valence-electron chi connectivity index (χ0n) is 11.1. The van der Waals surface area contributed by atoms with Crippen molar-refractivity contribution in [1.29, 1.82) is 0 Å². The van der Waals surface area contributed by atoms with Crippen LogP contribution in [0.25, 0.3) is 10.8 Å². The molecule has 0 spiro atoms. The van der Waals surface area contributed by atoms with Crippen molar-refractivity contribution in [2.24, 2.45) is 10.9 Å². The number of aldehydes is 1. The minimum atomic E-state index is -0.447. The van der Waals surface area contributed by atoms with Gasteiger partial charge in [-0.05, 0) is 16.3 Å². The summed E-state index contributed by atoms with van der Waals surface area (Å²) in [5, 5.41) is 13.6. The highest BCUT2D eigenvalue weighted by Gasteiger charge is 2.19. The van der Waals surface area contributed by atoms with Crippen molar-refractivity contribution >= 4 is 22.9 Å². The first-order valence-corrected chi connectivity index (χ1v) is 6.17. The van der Waals surface area contributed by atoms with Crippen LogP contribution in [0.1, 0.15) is 28.4 Å². The number of carbonyl (C=O) groups excluding carboxylic acids is 1. The molecule has 0 fully saturated rings. The van der Waals surface area contributed by atoms with Gasteiger partial charge in [-0.25, -0.2) is 0 Å². The Hall–Kier alpha value is -2.40. The van der Waals surface area contributed by atoms with E-state index in [-0.39, 0.29) is 12.3 Å². The summed E-state index contributed by atoms with van der Waals surface area (Å²) >= 11 is 0. The molecule has 5 nitrogen and oxygen atoms in total. The van der Waals surface area contributed by atoms with E-state index >= 15 is 0 Å². The summed E-state index contributed by atoms with van der Waals surface area (Å²) in [6.45, 7) is 0. The Bertz CT molecular complexity index is 653. The SMILES string of the molecule is COC(CC(N)=NO)c1c(C=O)ccc2ccccc12. The summed E-state index contributed by atoms with van der Waals surface area (Å²) in [5.74, 6) is 0.0571. The fourth-order valence-corrected chi connectivity index (χ4v) is 2.31. The van der Waals surface area contributed by atoms with Crippen LogP contribution in [0.3, 0.4) is 0 Å². The van der Waals surface area contributed by atoms with Crippen LogP contribution in [0.4, 0.5) is 0 Å². The molecule has 5 heteroatoms. The molecule has 0 radical (unpaired) electrons. The maximum Gasteiger partial charge on any atom is 0.150 e. The van der Waals surface area contributed by atoms with Crippen LogP contribution in [-0.4, -0.2) is 24.4 Å². The van der Waals surface area contributed by atoms with Crippen molar-refractivity contribution in [2.45, 2.75) is 12.5 Å². The van der Waals surface area contributed by atoms with Gasteiger partial charge in [0.2, 0.25) is 0 Å². The van der Waals surface area contributed by atoms with Crippen molar-refractivity contribution in [3.8, 4) is 0 Å². The van der Waals surface area contributed by atoms with Gasteiger partial charge in [0.25, 0.3) is 0 Å². The molecule has 0 aliphatic heterocycles. The topological polar surface area (TPSA) is 84.9 Å². The minimum absolute atomic E-state index is 0.0571. The maximum atomic E-state index is 11.3. The quantitative estimate of drug-likeness (QED) is 0.288. The van der Waals surface area contributed by atoms with Crippen molar-refractivity contribution in [3.63, 3.8) is 0 Å². The summed E-state index contributed by atoms with van der Waals surface area (Å²) in [4.78, 5) is 11.3. The molecule has 1 atom stereocenters. The maximum absolute atomic E-state index is 11.3. The highest BCUT2D eigenvalue weighted by molar-refractivity contribution is 5.94. The van der Waals surface area contributed by atoms with E-state index in [0.717, 1.165) is 22.6 Å². The van der Waals surface area contributed by atoms with Crippen LogP contribution in [0.15, 0.2) is 41.6 Å². The molecule has 0 heterocycles. The lowest BCUT2D eigenvalue weighted by Gasteiger charge is -2.19. The van der Waals surface area contributed by atoms with Crippen LogP contribution in [0.5, 0.6) is 0 Å². The molecule has 0 aliphatic carbocycles. The number of ether oxygens (including phenoxy) is 1. The number of rotatable bonds is 5. The van der Waals surface area contributed by atoms with Crippen molar-refractivity contribution in [1.82, 2.24) is 0 Å². The summed E-state index contributed by atoms with van der Waals surface area (Å²) in [6.07, 6.45) is 0.555. The minimum Gasteiger partial charge on any atom is -0.409 e. The molecule has 2 rings (SSSR count). The standard InChI is InChI=1S/C15H16N2O3/c1-20-13(8-14(16)17-19)15-11(9-18)7-6-10-4-2-3-5-12(10)15/h2-7,9,13,19H,8H2,1H3,(H2,16,17). The van der Waals surface area contributed by atoms with E-state index in [1.165, 1.54) is 7.11 Å². The second-order valence-electron chi connectivity index (χ2n) is 4.43.